The van der Waals surface area contributed by atoms with Crippen LogP contribution in [0.25, 0.3) is 0 Å². The number of nitrogens with zero attached hydrogens (tertiary/aromatic N) is 1. The average molecular weight is 331 g/mol. The summed E-state index contributed by atoms with van der Waals surface area (Å²) in [6, 6.07) is -0.178. The first-order chi connectivity index (χ1) is 9.72. The second-order valence-corrected chi connectivity index (χ2v) is 6.99. The molecule has 1 unspecified atom stereocenters. The molecular formula is C11H20F3N3O3S. The van der Waals surface area contributed by atoms with Gasteiger partial charge in [0.05, 0.1) is 11.5 Å². The summed E-state index contributed by atoms with van der Waals surface area (Å²) in [5.41, 5.74) is 0. The van der Waals surface area contributed by atoms with Gasteiger partial charge in [0, 0.05) is 26.2 Å². The van der Waals surface area contributed by atoms with E-state index in [9.17, 15) is 21.6 Å². The van der Waals surface area contributed by atoms with E-state index in [1.54, 1.807) is 7.05 Å². The molecule has 0 aromatic heterocycles. The van der Waals surface area contributed by atoms with Crippen molar-refractivity contribution in [3.8, 4) is 0 Å². The van der Waals surface area contributed by atoms with Crippen molar-refractivity contribution in [3.05, 3.63) is 0 Å². The molecule has 1 aliphatic heterocycles. The molecule has 1 fully saturated rings. The Bertz CT molecular complexity index is 451. The lowest BCUT2D eigenvalue weighted by atomic mass is 10.3. The molecule has 0 radical (unpaired) electrons. The smallest absolute Gasteiger partial charge is 0.372 e. The Labute approximate surface area is 122 Å². The molecule has 21 heavy (non-hydrogen) atoms. The number of halogens is 3. The van der Waals surface area contributed by atoms with Gasteiger partial charge in [-0.15, -0.1) is 0 Å². The van der Waals surface area contributed by atoms with Crippen molar-refractivity contribution in [3.63, 3.8) is 0 Å². The summed E-state index contributed by atoms with van der Waals surface area (Å²) in [7, 11) is -1.43. The molecule has 6 nitrogen and oxygen atoms in total. The van der Waals surface area contributed by atoms with Crippen LogP contribution in [-0.4, -0.2) is 64.9 Å². The Morgan fingerprint density at radius 3 is 2.67 bits per heavy atom. The summed E-state index contributed by atoms with van der Waals surface area (Å²) in [6.45, 7) is -0.877. The Hall–Kier alpha value is -1.03. The fourth-order valence-electron chi connectivity index (χ4n) is 1.87. The van der Waals surface area contributed by atoms with Crippen molar-refractivity contribution in [2.45, 2.75) is 25.1 Å². The molecule has 0 saturated carbocycles. The number of guanidine groups is 1. The topological polar surface area (TPSA) is 79.8 Å². The van der Waals surface area contributed by atoms with Crippen LogP contribution in [0.15, 0.2) is 4.99 Å². The highest BCUT2D eigenvalue weighted by Crippen LogP contribution is 2.14. The van der Waals surface area contributed by atoms with Crippen molar-refractivity contribution < 1.29 is 26.3 Å². The van der Waals surface area contributed by atoms with E-state index in [2.05, 4.69) is 20.4 Å². The summed E-state index contributed by atoms with van der Waals surface area (Å²) >= 11 is 0. The Kier molecular flexibility index (Phi) is 6.72. The molecule has 0 bridgehead atoms. The van der Waals surface area contributed by atoms with E-state index in [-0.39, 0.29) is 24.2 Å². The second kappa shape index (κ2) is 7.83. The van der Waals surface area contributed by atoms with E-state index in [4.69, 9.17) is 0 Å². The normalized spacial score (nSPS) is 22.3. The molecule has 0 aliphatic carbocycles. The van der Waals surface area contributed by atoms with Gasteiger partial charge in [0.15, 0.2) is 15.8 Å². The minimum Gasteiger partial charge on any atom is -0.372 e. The predicted octanol–water partition coefficient (Wildman–Crippen LogP) is 0.308. The highest BCUT2D eigenvalue weighted by atomic mass is 32.2. The summed E-state index contributed by atoms with van der Waals surface area (Å²) < 4.78 is 62.6. The summed E-state index contributed by atoms with van der Waals surface area (Å²) in [4.78, 5) is 3.94. The van der Waals surface area contributed by atoms with E-state index >= 15 is 0 Å². The number of aliphatic imine (C=N–C) groups is 1. The number of alkyl halides is 3. The van der Waals surface area contributed by atoms with Crippen molar-refractivity contribution in [2.75, 3.05) is 38.3 Å². The first-order valence-electron chi connectivity index (χ1n) is 6.54. The number of ether oxygens (including phenoxy) is 1. The van der Waals surface area contributed by atoms with Crippen LogP contribution in [0.2, 0.25) is 0 Å². The number of nitrogens with one attached hydrogen (secondary N) is 2. The largest absolute Gasteiger partial charge is 0.411 e. The molecule has 2 N–H and O–H groups in total. The molecule has 1 rings (SSSR count). The zero-order valence-corrected chi connectivity index (χ0v) is 12.6. The van der Waals surface area contributed by atoms with Crippen molar-refractivity contribution >= 4 is 15.8 Å². The highest BCUT2D eigenvalue weighted by Gasteiger charge is 2.28. The van der Waals surface area contributed by atoms with Gasteiger partial charge in [-0.2, -0.15) is 13.2 Å². The van der Waals surface area contributed by atoms with Gasteiger partial charge in [-0.1, -0.05) is 0 Å². The van der Waals surface area contributed by atoms with Crippen LogP contribution in [0.4, 0.5) is 13.2 Å². The highest BCUT2D eigenvalue weighted by molar-refractivity contribution is 7.91. The monoisotopic (exact) mass is 331 g/mol. The molecule has 0 aromatic rings. The van der Waals surface area contributed by atoms with Crippen molar-refractivity contribution in [1.82, 2.24) is 10.6 Å². The molecule has 0 amide bonds. The first-order valence-corrected chi connectivity index (χ1v) is 8.36. The maximum atomic E-state index is 11.8. The molecule has 124 valence electrons. The zero-order chi connectivity index (χ0) is 15.9. The number of sulfone groups is 1. The number of hydrogen-bond donors (Lipinski definition) is 2. The molecule has 1 atom stereocenters. The Morgan fingerprint density at radius 1 is 1.43 bits per heavy atom. The Balaban J connectivity index is 2.15. The lowest BCUT2D eigenvalue weighted by molar-refractivity contribution is -0.173. The van der Waals surface area contributed by atoms with Gasteiger partial charge < -0.3 is 15.4 Å². The molecule has 1 saturated heterocycles. The minimum atomic E-state index is -4.31. The summed E-state index contributed by atoms with van der Waals surface area (Å²) in [5.74, 6) is 0.669. The summed E-state index contributed by atoms with van der Waals surface area (Å²) in [6.07, 6.45) is -3.39. The van der Waals surface area contributed by atoms with Crippen LogP contribution >= 0.6 is 0 Å². The van der Waals surface area contributed by atoms with Crippen molar-refractivity contribution in [2.24, 2.45) is 4.99 Å². The van der Waals surface area contributed by atoms with Gasteiger partial charge in [0.1, 0.15) is 6.61 Å². The predicted molar refractivity (Wildman–Crippen MR) is 73.0 cm³/mol. The molecule has 0 spiro atoms. The molecular weight excluding hydrogens is 311 g/mol. The van der Waals surface area contributed by atoms with Crippen LogP contribution in [-0.2, 0) is 14.6 Å². The maximum absolute atomic E-state index is 11.8. The molecule has 0 aromatic carbocycles. The first kappa shape index (κ1) is 18.0. The van der Waals surface area contributed by atoms with E-state index in [1.165, 1.54) is 0 Å². The summed E-state index contributed by atoms with van der Waals surface area (Å²) in [5, 5.41) is 5.88. The van der Waals surface area contributed by atoms with Gasteiger partial charge in [0.2, 0.25) is 0 Å². The van der Waals surface area contributed by atoms with E-state index < -0.39 is 22.6 Å². The van der Waals surface area contributed by atoms with Gasteiger partial charge in [-0.05, 0) is 12.8 Å². The van der Waals surface area contributed by atoms with Crippen LogP contribution in [0.1, 0.15) is 12.8 Å². The standard InChI is InChI=1S/C11H20F3N3O3S/c1-15-10(17-9-3-6-21(18,19)7-9)16-4-2-5-20-8-11(12,13)14/h9H,2-8H2,1H3,(H2,15,16,17). The third-order valence-corrected chi connectivity index (χ3v) is 4.59. The van der Waals surface area contributed by atoms with E-state index in [0.717, 1.165) is 0 Å². The average Bonchev–Trinajstić information content (AvgIpc) is 2.70. The van der Waals surface area contributed by atoms with Crippen LogP contribution in [0.5, 0.6) is 0 Å². The fraction of sp³-hybridized carbons (Fsp3) is 0.909. The quantitative estimate of drug-likeness (QED) is 0.416. The van der Waals surface area contributed by atoms with Crippen LogP contribution in [0.3, 0.4) is 0 Å². The maximum Gasteiger partial charge on any atom is 0.411 e. The SMILES string of the molecule is CN=C(NCCCOCC(F)(F)F)NC1CCS(=O)(=O)C1. The van der Waals surface area contributed by atoms with Gasteiger partial charge in [0.25, 0.3) is 0 Å². The van der Waals surface area contributed by atoms with E-state index in [1.807, 2.05) is 0 Å². The Morgan fingerprint density at radius 2 is 2.14 bits per heavy atom. The van der Waals surface area contributed by atoms with Gasteiger partial charge in [-0.3, -0.25) is 4.99 Å². The molecule has 1 heterocycles. The van der Waals surface area contributed by atoms with Gasteiger partial charge in [-0.25, -0.2) is 8.42 Å². The van der Waals surface area contributed by atoms with E-state index in [0.29, 0.717) is 25.3 Å². The molecule has 1 aliphatic rings. The van der Waals surface area contributed by atoms with Crippen molar-refractivity contribution in [1.29, 1.82) is 0 Å². The number of rotatable bonds is 6. The molecule has 10 heteroatoms. The van der Waals surface area contributed by atoms with Gasteiger partial charge >= 0.3 is 6.18 Å². The third kappa shape index (κ3) is 8.10. The van der Waals surface area contributed by atoms with Crippen LogP contribution < -0.4 is 10.6 Å². The minimum absolute atomic E-state index is 0.0126. The van der Waals surface area contributed by atoms with Crippen LogP contribution in [0, 0.1) is 0 Å². The second-order valence-electron chi connectivity index (χ2n) is 4.76. The zero-order valence-electron chi connectivity index (χ0n) is 11.7. The third-order valence-electron chi connectivity index (χ3n) is 2.82. The number of hydrogen-bond acceptors (Lipinski definition) is 4. The lowest BCUT2D eigenvalue weighted by Crippen LogP contribution is -2.44. The fourth-order valence-corrected chi connectivity index (χ4v) is 3.54. The lowest BCUT2D eigenvalue weighted by Gasteiger charge is -2.16.